The van der Waals surface area contributed by atoms with Crippen molar-refractivity contribution < 1.29 is 9.47 Å². The Morgan fingerprint density at radius 1 is 1.16 bits per heavy atom. The maximum absolute atomic E-state index is 5.33. The Kier molecular flexibility index (Phi) is 7.25. The largest absolute Gasteiger partial charge is 0.493 e. The highest BCUT2D eigenvalue weighted by Gasteiger charge is 2.07. The molecule has 25 heavy (non-hydrogen) atoms. The lowest BCUT2D eigenvalue weighted by Gasteiger charge is -2.16. The molecule has 2 aromatic rings. The van der Waals surface area contributed by atoms with Crippen LogP contribution in [0.4, 0.5) is 11.8 Å². The van der Waals surface area contributed by atoms with Gasteiger partial charge in [-0.05, 0) is 30.5 Å². The van der Waals surface area contributed by atoms with Crippen LogP contribution in [0.2, 0.25) is 0 Å². The Hall–Kier alpha value is -2.57. The number of benzene rings is 1. The third kappa shape index (κ3) is 5.48. The van der Waals surface area contributed by atoms with Crippen molar-refractivity contribution in [2.75, 3.05) is 44.6 Å². The summed E-state index contributed by atoms with van der Waals surface area (Å²) in [5.74, 6) is 2.85. The Balaban J connectivity index is 1.91. The number of hydrogen-bond acceptors (Lipinski definition) is 7. The molecule has 2 rings (SSSR count). The second kappa shape index (κ2) is 9.66. The molecule has 0 fully saturated rings. The molecular weight excluding hydrogens is 318 g/mol. The third-order valence-electron chi connectivity index (χ3n) is 3.90. The molecule has 0 amide bonds. The van der Waals surface area contributed by atoms with Crippen LogP contribution in [0.15, 0.2) is 24.4 Å². The number of rotatable bonds is 10. The van der Waals surface area contributed by atoms with Gasteiger partial charge in [-0.3, -0.25) is 0 Å². The molecule has 0 spiro atoms. The summed E-state index contributed by atoms with van der Waals surface area (Å²) in [6.45, 7) is 3.83. The second-order valence-electron chi connectivity index (χ2n) is 5.78. The summed E-state index contributed by atoms with van der Waals surface area (Å²) >= 11 is 0. The van der Waals surface area contributed by atoms with Crippen LogP contribution in [0.3, 0.4) is 0 Å². The van der Waals surface area contributed by atoms with E-state index in [-0.39, 0.29) is 0 Å². The highest BCUT2D eigenvalue weighted by Crippen LogP contribution is 2.27. The van der Waals surface area contributed by atoms with E-state index >= 15 is 0 Å². The zero-order chi connectivity index (χ0) is 18.1. The van der Waals surface area contributed by atoms with Gasteiger partial charge in [-0.1, -0.05) is 19.4 Å². The van der Waals surface area contributed by atoms with Gasteiger partial charge in [0.25, 0.3) is 0 Å². The van der Waals surface area contributed by atoms with Crippen LogP contribution >= 0.6 is 0 Å². The van der Waals surface area contributed by atoms with Crippen molar-refractivity contribution in [3.63, 3.8) is 0 Å². The molecule has 0 saturated carbocycles. The maximum atomic E-state index is 5.33. The summed E-state index contributed by atoms with van der Waals surface area (Å²) in [7, 11) is 5.26. The Labute approximate surface area is 149 Å². The third-order valence-corrected chi connectivity index (χ3v) is 3.90. The van der Waals surface area contributed by atoms with Gasteiger partial charge in [0.1, 0.15) is 0 Å². The van der Waals surface area contributed by atoms with E-state index in [0.717, 1.165) is 55.2 Å². The summed E-state index contributed by atoms with van der Waals surface area (Å²) in [5.41, 5.74) is 1.16. The summed E-state index contributed by atoms with van der Waals surface area (Å²) in [6, 6.07) is 5.94. The van der Waals surface area contributed by atoms with E-state index in [1.54, 1.807) is 20.4 Å². The average Bonchev–Trinajstić information content (AvgIpc) is 2.66. The number of hydrogen-bond donors (Lipinski definition) is 1. The molecular formula is C18H27N5O2. The zero-order valence-electron chi connectivity index (χ0n) is 15.5. The summed E-state index contributed by atoms with van der Waals surface area (Å²) in [6.07, 6.45) is 4.73. The van der Waals surface area contributed by atoms with Gasteiger partial charge in [-0.25, -0.2) is 0 Å². The summed E-state index contributed by atoms with van der Waals surface area (Å²) in [4.78, 5) is 6.54. The van der Waals surface area contributed by atoms with E-state index in [0.29, 0.717) is 5.95 Å². The fourth-order valence-corrected chi connectivity index (χ4v) is 2.41. The summed E-state index contributed by atoms with van der Waals surface area (Å²) in [5, 5.41) is 11.4. The minimum Gasteiger partial charge on any atom is -0.493 e. The molecule has 0 radical (unpaired) electrons. The van der Waals surface area contributed by atoms with Crippen molar-refractivity contribution in [1.29, 1.82) is 0 Å². The van der Waals surface area contributed by atoms with E-state index in [2.05, 4.69) is 27.4 Å². The van der Waals surface area contributed by atoms with Gasteiger partial charge in [-0.2, -0.15) is 10.1 Å². The molecule has 0 aliphatic carbocycles. The number of unbranched alkanes of at least 4 members (excludes halogenated alkanes) is 1. The Bertz CT molecular complexity index is 666. The van der Waals surface area contributed by atoms with Crippen LogP contribution in [0.25, 0.3) is 0 Å². The number of ether oxygens (including phenoxy) is 2. The molecule has 0 atom stereocenters. The zero-order valence-corrected chi connectivity index (χ0v) is 15.5. The number of anilines is 2. The number of nitrogens with one attached hydrogen (secondary N) is 1. The maximum Gasteiger partial charge on any atom is 0.247 e. The fourth-order valence-electron chi connectivity index (χ4n) is 2.41. The van der Waals surface area contributed by atoms with E-state index < -0.39 is 0 Å². The second-order valence-corrected chi connectivity index (χ2v) is 5.78. The monoisotopic (exact) mass is 345 g/mol. The van der Waals surface area contributed by atoms with Gasteiger partial charge in [-0.15, -0.1) is 5.10 Å². The molecule has 0 unspecified atom stereocenters. The first kappa shape index (κ1) is 18.8. The predicted molar refractivity (Wildman–Crippen MR) is 99.7 cm³/mol. The molecule has 1 aromatic heterocycles. The number of aromatic nitrogens is 3. The molecule has 0 aliphatic heterocycles. The lowest BCUT2D eigenvalue weighted by molar-refractivity contribution is 0.354. The molecule has 7 heteroatoms. The Morgan fingerprint density at radius 3 is 2.68 bits per heavy atom. The first-order valence-corrected chi connectivity index (χ1v) is 8.53. The van der Waals surface area contributed by atoms with Crippen LogP contribution in [0.5, 0.6) is 11.5 Å². The van der Waals surface area contributed by atoms with Gasteiger partial charge >= 0.3 is 0 Å². The first-order chi connectivity index (χ1) is 12.2. The average molecular weight is 345 g/mol. The van der Waals surface area contributed by atoms with Crippen molar-refractivity contribution in [2.45, 2.75) is 26.2 Å². The molecule has 7 nitrogen and oxygen atoms in total. The van der Waals surface area contributed by atoms with Crippen LogP contribution in [-0.4, -0.2) is 49.5 Å². The van der Waals surface area contributed by atoms with Crippen LogP contribution in [-0.2, 0) is 6.42 Å². The SMILES string of the molecule is CCCCN(C)c1nncc(NCCc2ccc(OC)c(OC)c2)n1. The minimum absolute atomic E-state index is 0.643. The van der Waals surface area contributed by atoms with Gasteiger partial charge in [0.05, 0.1) is 20.4 Å². The van der Waals surface area contributed by atoms with E-state index in [9.17, 15) is 0 Å². The van der Waals surface area contributed by atoms with Crippen LogP contribution < -0.4 is 19.7 Å². The molecule has 0 saturated heterocycles. The lowest BCUT2D eigenvalue weighted by Crippen LogP contribution is -2.22. The highest BCUT2D eigenvalue weighted by molar-refractivity contribution is 5.43. The molecule has 0 bridgehead atoms. The highest BCUT2D eigenvalue weighted by atomic mass is 16.5. The van der Waals surface area contributed by atoms with E-state index in [4.69, 9.17) is 9.47 Å². The normalized spacial score (nSPS) is 10.4. The molecule has 136 valence electrons. The van der Waals surface area contributed by atoms with Crippen molar-refractivity contribution in [3.05, 3.63) is 30.0 Å². The molecule has 0 aliphatic rings. The summed E-state index contributed by atoms with van der Waals surface area (Å²) < 4.78 is 10.6. The van der Waals surface area contributed by atoms with Crippen molar-refractivity contribution in [1.82, 2.24) is 15.2 Å². The van der Waals surface area contributed by atoms with Gasteiger partial charge in [0.15, 0.2) is 17.3 Å². The predicted octanol–water partition coefficient (Wildman–Crippen LogP) is 2.78. The topological polar surface area (TPSA) is 72.4 Å². The number of nitrogens with zero attached hydrogens (tertiary/aromatic N) is 4. The molecule has 1 heterocycles. The smallest absolute Gasteiger partial charge is 0.247 e. The van der Waals surface area contributed by atoms with Gasteiger partial charge in [0, 0.05) is 20.1 Å². The van der Waals surface area contributed by atoms with Crippen molar-refractivity contribution in [2.24, 2.45) is 0 Å². The fraction of sp³-hybridized carbons (Fsp3) is 0.500. The number of methoxy groups -OCH3 is 2. The van der Waals surface area contributed by atoms with Gasteiger partial charge < -0.3 is 19.7 Å². The van der Waals surface area contributed by atoms with Crippen molar-refractivity contribution >= 4 is 11.8 Å². The molecule has 1 aromatic carbocycles. The Morgan fingerprint density at radius 2 is 1.96 bits per heavy atom. The lowest BCUT2D eigenvalue weighted by atomic mass is 10.1. The molecule has 1 N–H and O–H groups in total. The first-order valence-electron chi connectivity index (χ1n) is 8.53. The standard InChI is InChI=1S/C18H27N5O2/c1-5-6-11-23(2)18-21-17(13-20-22-18)19-10-9-14-7-8-15(24-3)16(12-14)25-4/h7-8,12-13H,5-6,9-11H2,1-4H3,(H,19,21,22). The van der Waals surface area contributed by atoms with Crippen LogP contribution in [0.1, 0.15) is 25.3 Å². The van der Waals surface area contributed by atoms with E-state index in [1.165, 1.54) is 0 Å². The van der Waals surface area contributed by atoms with Crippen LogP contribution in [0, 0.1) is 0 Å². The minimum atomic E-state index is 0.643. The van der Waals surface area contributed by atoms with E-state index in [1.807, 2.05) is 30.1 Å². The van der Waals surface area contributed by atoms with Gasteiger partial charge in [0.2, 0.25) is 5.95 Å². The quantitative estimate of drug-likeness (QED) is 0.710. The van der Waals surface area contributed by atoms with Crippen molar-refractivity contribution in [3.8, 4) is 11.5 Å².